The number of fused-ring (bicyclic) bond motifs is 1. The molecule has 0 unspecified atom stereocenters. The Hall–Kier alpha value is -1.51. The van der Waals surface area contributed by atoms with E-state index in [0.29, 0.717) is 6.42 Å². The summed E-state index contributed by atoms with van der Waals surface area (Å²) in [4.78, 5) is 11.0. The first-order valence-corrected chi connectivity index (χ1v) is 5.47. The number of primary amides is 1. The van der Waals surface area contributed by atoms with E-state index in [1.165, 1.54) is 5.56 Å². The Morgan fingerprint density at radius 3 is 2.69 bits per heavy atom. The molecule has 3 heteroatoms. The molecule has 1 atom stereocenters. The van der Waals surface area contributed by atoms with E-state index in [4.69, 9.17) is 10.5 Å². The van der Waals surface area contributed by atoms with Crippen molar-refractivity contribution in [2.24, 2.45) is 5.73 Å². The molecule has 16 heavy (non-hydrogen) atoms. The quantitative estimate of drug-likeness (QED) is 0.782. The average Bonchev–Trinajstić information content (AvgIpc) is 2.58. The van der Waals surface area contributed by atoms with Gasteiger partial charge in [0.1, 0.15) is 5.75 Å². The van der Waals surface area contributed by atoms with Gasteiger partial charge in [0.2, 0.25) is 0 Å². The predicted octanol–water partition coefficient (Wildman–Crippen LogP) is 1.77. The number of carbonyl (C=O) groups is 1. The van der Waals surface area contributed by atoms with E-state index in [1.807, 2.05) is 12.1 Å². The molecule has 0 fully saturated rings. The minimum absolute atomic E-state index is 0.111. The van der Waals surface area contributed by atoms with E-state index in [-0.39, 0.29) is 5.41 Å². The number of benzene rings is 1. The maximum absolute atomic E-state index is 11.0. The number of carbonyl (C=O) groups excluding carboxylic acids is 1. The molecule has 1 heterocycles. The summed E-state index contributed by atoms with van der Waals surface area (Å²) in [6, 6.07) is 6.08. The van der Waals surface area contributed by atoms with Crippen molar-refractivity contribution in [1.82, 2.24) is 0 Å². The van der Waals surface area contributed by atoms with Crippen LogP contribution < -0.4 is 10.5 Å². The third kappa shape index (κ3) is 1.90. The highest BCUT2D eigenvalue weighted by Crippen LogP contribution is 2.33. The molecule has 2 N–H and O–H groups in total. The smallest absolute Gasteiger partial charge is 0.258 e. The summed E-state index contributed by atoms with van der Waals surface area (Å²) in [7, 11) is 0. The van der Waals surface area contributed by atoms with Crippen molar-refractivity contribution in [2.45, 2.75) is 38.7 Å². The minimum atomic E-state index is -0.495. The van der Waals surface area contributed by atoms with Crippen LogP contribution in [0.15, 0.2) is 18.2 Å². The number of ether oxygens (including phenoxy) is 1. The summed E-state index contributed by atoms with van der Waals surface area (Å²) < 4.78 is 5.46. The van der Waals surface area contributed by atoms with Crippen molar-refractivity contribution in [1.29, 1.82) is 0 Å². The third-order valence-corrected chi connectivity index (χ3v) is 2.92. The van der Waals surface area contributed by atoms with Gasteiger partial charge >= 0.3 is 0 Å². The molecule has 0 spiro atoms. The normalized spacial score (nSPS) is 19.1. The Labute approximate surface area is 95.6 Å². The summed E-state index contributed by atoms with van der Waals surface area (Å²) in [6.45, 7) is 6.49. The molecule has 0 aliphatic carbocycles. The monoisotopic (exact) mass is 219 g/mol. The summed E-state index contributed by atoms with van der Waals surface area (Å²) in [6.07, 6.45) is 0.0967. The second kappa shape index (κ2) is 3.51. The average molecular weight is 219 g/mol. The van der Waals surface area contributed by atoms with Crippen molar-refractivity contribution in [2.75, 3.05) is 0 Å². The number of nitrogens with two attached hydrogens (primary N) is 1. The molecule has 1 aliphatic heterocycles. The van der Waals surface area contributed by atoms with Gasteiger partial charge in [-0.15, -0.1) is 0 Å². The van der Waals surface area contributed by atoms with E-state index in [9.17, 15) is 4.79 Å². The maximum atomic E-state index is 11.0. The summed E-state index contributed by atoms with van der Waals surface area (Å²) in [5.41, 5.74) is 7.68. The van der Waals surface area contributed by atoms with Gasteiger partial charge in [-0.1, -0.05) is 32.9 Å². The van der Waals surface area contributed by atoms with Crippen LogP contribution in [-0.4, -0.2) is 12.0 Å². The molecule has 0 aromatic heterocycles. The van der Waals surface area contributed by atoms with E-state index in [2.05, 4.69) is 26.8 Å². The standard InChI is InChI=1S/C13H17NO2/c1-13(2,3)9-4-5-10-8(6-9)7-11(16-10)12(14)15/h4-6,11H,7H2,1-3H3,(H2,14,15)/t11-/m0/s1. The van der Waals surface area contributed by atoms with Crippen molar-refractivity contribution >= 4 is 5.91 Å². The van der Waals surface area contributed by atoms with Crippen LogP contribution in [0.25, 0.3) is 0 Å². The molecule has 0 bridgehead atoms. The zero-order valence-electron chi connectivity index (χ0n) is 9.91. The van der Waals surface area contributed by atoms with Crippen molar-refractivity contribution in [3.63, 3.8) is 0 Å². The van der Waals surface area contributed by atoms with Gasteiger partial charge in [0, 0.05) is 6.42 Å². The van der Waals surface area contributed by atoms with Crippen molar-refractivity contribution in [3.05, 3.63) is 29.3 Å². The first-order valence-electron chi connectivity index (χ1n) is 5.47. The molecular weight excluding hydrogens is 202 g/mol. The van der Waals surface area contributed by atoms with Gasteiger partial charge in [0.25, 0.3) is 5.91 Å². The van der Waals surface area contributed by atoms with Crippen LogP contribution in [0.3, 0.4) is 0 Å². The van der Waals surface area contributed by atoms with Gasteiger partial charge in [-0.05, 0) is 22.6 Å². The largest absolute Gasteiger partial charge is 0.480 e. The van der Waals surface area contributed by atoms with Crippen LogP contribution in [0.5, 0.6) is 5.75 Å². The van der Waals surface area contributed by atoms with E-state index >= 15 is 0 Å². The zero-order chi connectivity index (χ0) is 11.9. The fraction of sp³-hybridized carbons (Fsp3) is 0.462. The van der Waals surface area contributed by atoms with Crippen LogP contribution in [0.2, 0.25) is 0 Å². The fourth-order valence-corrected chi connectivity index (χ4v) is 1.87. The maximum Gasteiger partial charge on any atom is 0.258 e. The zero-order valence-corrected chi connectivity index (χ0v) is 9.91. The van der Waals surface area contributed by atoms with Crippen LogP contribution in [0.1, 0.15) is 31.9 Å². The Balaban J connectivity index is 2.31. The number of rotatable bonds is 1. The van der Waals surface area contributed by atoms with Gasteiger partial charge in [-0.3, -0.25) is 4.79 Å². The Morgan fingerprint density at radius 1 is 1.44 bits per heavy atom. The Bertz CT molecular complexity index is 432. The lowest BCUT2D eigenvalue weighted by atomic mass is 9.86. The SMILES string of the molecule is CC(C)(C)c1ccc2c(c1)C[C@@H](C(N)=O)O2. The molecule has 1 amide bonds. The highest BCUT2D eigenvalue weighted by atomic mass is 16.5. The summed E-state index contributed by atoms with van der Waals surface area (Å²) in [5.74, 6) is 0.394. The Morgan fingerprint density at radius 2 is 2.12 bits per heavy atom. The Kier molecular flexibility index (Phi) is 2.41. The second-order valence-corrected chi connectivity index (χ2v) is 5.29. The van der Waals surface area contributed by atoms with E-state index in [0.717, 1.165) is 11.3 Å². The molecule has 1 aromatic carbocycles. The van der Waals surface area contributed by atoms with Crippen LogP contribution in [0.4, 0.5) is 0 Å². The number of hydrogen-bond acceptors (Lipinski definition) is 2. The van der Waals surface area contributed by atoms with Crippen LogP contribution >= 0.6 is 0 Å². The van der Waals surface area contributed by atoms with Crippen LogP contribution in [-0.2, 0) is 16.6 Å². The molecule has 3 nitrogen and oxygen atoms in total. The minimum Gasteiger partial charge on any atom is -0.480 e. The lowest BCUT2D eigenvalue weighted by molar-refractivity contribution is -0.123. The van der Waals surface area contributed by atoms with Gasteiger partial charge in [-0.25, -0.2) is 0 Å². The fourth-order valence-electron chi connectivity index (χ4n) is 1.87. The molecule has 0 saturated heterocycles. The van der Waals surface area contributed by atoms with E-state index in [1.54, 1.807) is 0 Å². The molecular formula is C13H17NO2. The lowest BCUT2D eigenvalue weighted by Gasteiger charge is -2.19. The van der Waals surface area contributed by atoms with Gasteiger partial charge in [0.05, 0.1) is 0 Å². The lowest BCUT2D eigenvalue weighted by Crippen LogP contribution is -2.31. The molecule has 0 radical (unpaired) electrons. The van der Waals surface area contributed by atoms with Crippen molar-refractivity contribution in [3.8, 4) is 5.75 Å². The highest BCUT2D eigenvalue weighted by molar-refractivity contribution is 5.80. The number of hydrogen-bond donors (Lipinski definition) is 1. The van der Waals surface area contributed by atoms with Gasteiger partial charge < -0.3 is 10.5 Å². The van der Waals surface area contributed by atoms with Crippen LogP contribution in [0, 0.1) is 0 Å². The molecule has 1 aromatic rings. The van der Waals surface area contributed by atoms with Crippen molar-refractivity contribution < 1.29 is 9.53 Å². The predicted molar refractivity (Wildman–Crippen MR) is 62.5 cm³/mol. The molecule has 0 saturated carbocycles. The first kappa shape index (κ1) is 11.0. The number of amides is 1. The van der Waals surface area contributed by atoms with Gasteiger partial charge in [0.15, 0.2) is 6.10 Å². The molecule has 86 valence electrons. The third-order valence-electron chi connectivity index (χ3n) is 2.92. The van der Waals surface area contributed by atoms with E-state index < -0.39 is 12.0 Å². The molecule has 2 rings (SSSR count). The first-order chi connectivity index (χ1) is 7.38. The highest BCUT2D eigenvalue weighted by Gasteiger charge is 2.28. The second-order valence-electron chi connectivity index (χ2n) is 5.29. The summed E-state index contributed by atoms with van der Waals surface area (Å²) in [5, 5.41) is 0. The topological polar surface area (TPSA) is 52.3 Å². The van der Waals surface area contributed by atoms with Gasteiger partial charge in [-0.2, -0.15) is 0 Å². The summed E-state index contributed by atoms with van der Waals surface area (Å²) >= 11 is 0. The molecule has 1 aliphatic rings.